The van der Waals surface area contributed by atoms with Crippen molar-refractivity contribution in [3.8, 4) is 0 Å². The first-order valence-electron chi connectivity index (χ1n) is 10.7. The Bertz CT molecular complexity index is 1230. The predicted octanol–water partition coefficient (Wildman–Crippen LogP) is 3.08. The van der Waals surface area contributed by atoms with Crippen LogP contribution in [0, 0.1) is 0 Å². The van der Waals surface area contributed by atoms with Crippen LogP contribution in [0.25, 0.3) is 10.1 Å². The molecule has 0 amide bonds. The van der Waals surface area contributed by atoms with E-state index in [2.05, 4.69) is 30.0 Å². The molecule has 0 saturated carbocycles. The summed E-state index contributed by atoms with van der Waals surface area (Å²) in [6.07, 6.45) is 1.12. The number of hydrogen-bond donors (Lipinski definition) is 2. The molecule has 1 saturated heterocycles. The van der Waals surface area contributed by atoms with E-state index in [1.807, 2.05) is 18.2 Å². The SMILES string of the molecule is CC(Cn1c(=O)c2ccccc2[s+]1[O-])c1cccc(N2CCOCC2)c1.O=C(O)C=CC(=O)O. The van der Waals surface area contributed by atoms with Crippen molar-refractivity contribution >= 4 is 38.7 Å². The molecule has 1 fully saturated rings. The van der Waals surface area contributed by atoms with Gasteiger partial charge in [0.25, 0.3) is 0 Å². The number of aliphatic carboxylic acids is 2. The molecule has 10 heteroatoms. The van der Waals surface area contributed by atoms with E-state index >= 15 is 0 Å². The minimum absolute atomic E-state index is 0.0956. The third-order valence-electron chi connectivity index (χ3n) is 5.36. The van der Waals surface area contributed by atoms with Gasteiger partial charge in [0.15, 0.2) is 0 Å². The minimum atomic E-state index is -1.41. The predicted molar refractivity (Wildman–Crippen MR) is 129 cm³/mol. The number of ether oxygens (including phenoxy) is 1. The van der Waals surface area contributed by atoms with Crippen LogP contribution < -0.4 is 10.5 Å². The number of carboxylic acid groups (broad SMARTS) is 2. The van der Waals surface area contributed by atoms with Gasteiger partial charge >= 0.3 is 17.5 Å². The molecular weight excluding hydrogens is 460 g/mol. The van der Waals surface area contributed by atoms with Crippen molar-refractivity contribution in [2.75, 3.05) is 31.2 Å². The van der Waals surface area contributed by atoms with Crippen LogP contribution >= 0.6 is 10.9 Å². The zero-order chi connectivity index (χ0) is 24.7. The second-order valence-electron chi connectivity index (χ2n) is 7.72. The van der Waals surface area contributed by atoms with E-state index in [-0.39, 0.29) is 11.5 Å². The van der Waals surface area contributed by atoms with Crippen molar-refractivity contribution in [3.05, 3.63) is 76.6 Å². The van der Waals surface area contributed by atoms with Crippen LogP contribution in [0.15, 0.2) is 65.5 Å². The number of hydrogen-bond acceptors (Lipinski definition) is 6. The van der Waals surface area contributed by atoms with Gasteiger partial charge in [0.2, 0.25) is 4.70 Å². The number of benzene rings is 2. The number of rotatable bonds is 6. The summed E-state index contributed by atoms with van der Waals surface area (Å²) >= 11 is 0. The van der Waals surface area contributed by atoms with Gasteiger partial charge in [-0.05, 0) is 23.8 Å². The summed E-state index contributed by atoms with van der Waals surface area (Å²) < 4.78 is 20.2. The third kappa shape index (κ3) is 6.31. The first-order valence-corrected chi connectivity index (χ1v) is 11.8. The highest BCUT2D eigenvalue weighted by molar-refractivity contribution is 7.26. The molecule has 180 valence electrons. The fourth-order valence-corrected chi connectivity index (χ4v) is 5.00. The van der Waals surface area contributed by atoms with Gasteiger partial charge in [-0.3, -0.25) is 4.79 Å². The Morgan fingerprint density at radius 1 is 1.09 bits per heavy atom. The van der Waals surface area contributed by atoms with E-state index in [1.165, 1.54) is 9.64 Å². The molecule has 0 aliphatic carbocycles. The Hall–Kier alpha value is -3.47. The van der Waals surface area contributed by atoms with Gasteiger partial charge < -0.3 is 24.4 Å². The van der Waals surface area contributed by atoms with Crippen molar-refractivity contribution in [2.24, 2.45) is 0 Å². The topological polar surface area (TPSA) is 132 Å². The highest BCUT2D eigenvalue weighted by atomic mass is 32.2. The van der Waals surface area contributed by atoms with Crippen molar-refractivity contribution in [2.45, 2.75) is 19.4 Å². The number of morpholine rings is 1. The molecule has 0 radical (unpaired) electrons. The zero-order valence-corrected chi connectivity index (χ0v) is 19.4. The Labute approximate surface area is 199 Å². The summed E-state index contributed by atoms with van der Waals surface area (Å²) in [6, 6.07) is 15.6. The Kier molecular flexibility index (Phi) is 8.58. The number of carboxylic acids is 2. The monoisotopic (exact) mass is 486 g/mol. The lowest BCUT2D eigenvalue weighted by molar-refractivity contribution is -0.134. The van der Waals surface area contributed by atoms with E-state index in [9.17, 15) is 18.9 Å². The first-order chi connectivity index (χ1) is 16.3. The van der Waals surface area contributed by atoms with Crippen LogP contribution in [0.2, 0.25) is 0 Å². The molecule has 0 bridgehead atoms. The number of fused-ring (bicyclic) bond motifs is 1. The van der Waals surface area contributed by atoms with Crippen LogP contribution in [0.5, 0.6) is 0 Å². The molecular formula is C24H26N2O7S. The average Bonchev–Trinajstić information content (AvgIpc) is 3.09. The van der Waals surface area contributed by atoms with Gasteiger partial charge in [-0.2, -0.15) is 0 Å². The largest absolute Gasteiger partial charge is 0.570 e. The summed E-state index contributed by atoms with van der Waals surface area (Å²) in [6.45, 7) is 5.79. The van der Waals surface area contributed by atoms with Crippen LogP contribution in [0.1, 0.15) is 18.4 Å². The molecule has 2 atom stereocenters. The Morgan fingerprint density at radius 3 is 2.35 bits per heavy atom. The average molecular weight is 487 g/mol. The van der Waals surface area contributed by atoms with Crippen LogP contribution in [-0.2, 0) is 20.9 Å². The lowest BCUT2D eigenvalue weighted by Gasteiger charge is -2.29. The molecule has 2 aromatic carbocycles. The standard InChI is InChI=1S/C20H22N2O3S.C4H4O4/c1-15(14-22-20(23)18-7-2-3-8-19(18)26(22)24)16-5-4-6-17(13-16)21-9-11-25-12-10-21;5-3(6)1-2-4(7)8/h2-8,13,15H,9-12,14H2,1H3;1-2H,(H,5,6)(H,7,8). The molecule has 0 spiro atoms. The van der Waals surface area contributed by atoms with Gasteiger partial charge in [-0.25, -0.2) is 9.59 Å². The summed E-state index contributed by atoms with van der Waals surface area (Å²) in [5, 5.41) is 16.2. The maximum Gasteiger partial charge on any atom is 0.328 e. The van der Waals surface area contributed by atoms with Crippen molar-refractivity contribution in [1.82, 2.24) is 3.96 Å². The van der Waals surface area contributed by atoms with E-state index in [0.29, 0.717) is 28.8 Å². The molecule has 1 aromatic heterocycles. The maximum atomic E-state index is 12.7. The van der Waals surface area contributed by atoms with Crippen molar-refractivity contribution < 1.29 is 29.1 Å². The fraction of sp³-hybridized carbons (Fsp3) is 0.292. The molecule has 1 aliphatic rings. The number of anilines is 1. The molecule has 9 nitrogen and oxygen atoms in total. The summed E-state index contributed by atoms with van der Waals surface area (Å²) in [4.78, 5) is 34.0. The first kappa shape index (κ1) is 25.2. The molecule has 2 heterocycles. The van der Waals surface area contributed by atoms with Crippen molar-refractivity contribution in [1.29, 1.82) is 0 Å². The molecule has 4 rings (SSSR count). The van der Waals surface area contributed by atoms with Crippen LogP contribution in [0.4, 0.5) is 5.69 Å². The second-order valence-corrected chi connectivity index (χ2v) is 9.10. The molecule has 2 N–H and O–H groups in total. The normalized spacial score (nSPS) is 15.1. The lowest BCUT2D eigenvalue weighted by Crippen LogP contribution is -2.36. The zero-order valence-electron chi connectivity index (χ0n) is 18.6. The van der Waals surface area contributed by atoms with E-state index in [0.717, 1.165) is 31.9 Å². The molecule has 1 aliphatic heterocycles. The van der Waals surface area contributed by atoms with Gasteiger partial charge in [-0.1, -0.05) is 31.2 Å². The fourth-order valence-electron chi connectivity index (χ4n) is 3.62. The van der Waals surface area contributed by atoms with Crippen LogP contribution in [-0.4, -0.2) is 57.0 Å². The van der Waals surface area contributed by atoms with Gasteiger partial charge in [0, 0.05) is 53.9 Å². The summed E-state index contributed by atoms with van der Waals surface area (Å²) in [5.74, 6) is -2.42. The highest BCUT2D eigenvalue weighted by Crippen LogP contribution is 2.29. The summed E-state index contributed by atoms with van der Waals surface area (Å²) in [7, 11) is -1.41. The maximum absolute atomic E-state index is 12.7. The quantitative estimate of drug-likeness (QED) is 0.401. The number of aromatic nitrogens is 1. The Morgan fingerprint density at radius 2 is 1.74 bits per heavy atom. The molecule has 2 unspecified atom stereocenters. The van der Waals surface area contributed by atoms with E-state index in [4.69, 9.17) is 14.9 Å². The Balaban J connectivity index is 0.000000350. The second kappa shape index (κ2) is 11.6. The highest BCUT2D eigenvalue weighted by Gasteiger charge is 2.21. The lowest BCUT2D eigenvalue weighted by atomic mass is 10.0. The van der Waals surface area contributed by atoms with E-state index < -0.39 is 22.9 Å². The van der Waals surface area contributed by atoms with Gasteiger partial charge in [-0.15, -0.1) is 3.96 Å². The van der Waals surface area contributed by atoms with Crippen molar-refractivity contribution in [3.63, 3.8) is 0 Å². The van der Waals surface area contributed by atoms with Crippen LogP contribution in [0.3, 0.4) is 0 Å². The summed E-state index contributed by atoms with van der Waals surface area (Å²) in [5.41, 5.74) is 2.18. The van der Waals surface area contributed by atoms with Gasteiger partial charge in [0.05, 0.1) is 19.8 Å². The van der Waals surface area contributed by atoms with Gasteiger partial charge in [0.1, 0.15) is 5.39 Å². The number of carbonyl (C=O) groups is 2. The third-order valence-corrected chi connectivity index (χ3v) is 6.80. The molecule has 3 aromatic rings. The molecule has 34 heavy (non-hydrogen) atoms. The van der Waals surface area contributed by atoms with E-state index in [1.54, 1.807) is 12.1 Å². The minimum Gasteiger partial charge on any atom is -0.570 e. The number of nitrogens with zero attached hydrogens (tertiary/aromatic N) is 2. The smallest absolute Gasteiger partial charge is 0.328 e.